The van der Waals surface area contributed by atoms with E-state index in [1.165, 1.54) is 66.9 Å². The lowest BCUT2D eigenvalue weighted by molar-refractivity contribution is 1.25. The van der Waals surface area contributed by atoms with E-state index >= 15 is 0 Å². The van der Waals surface area contributed by atoms with Gasteiger partial charge in [0.1, 0.15) is 0 Å². The van der Waals surface area contributed by atoms with Gasteiger partial charge in [0.2, 0.25) is 0 Å². The lowest BCUT2D eigenvalue weighted by Gasteiger charge is -2.27. The summed E-state index contributed by atoms with van der Waals surface area (Å²) in [5, 5.41) is 17.9. The van der Waals surface area contributed by atoms with Gasteiger partial charge in [0, 0.05) is 12.4 Å². The molecule has 0 unspecified atom stereocenters. The van der Waals surface area contributed by atoms with E-state index in [2.05, 4.69) is 120 Å². The van der Waals surface area contributed by atoms with Crippen LogP contribution in [0.25, 0.3) is 77.4 Å². The van der Waals surface area contributed by atoms with Gasteiger partial charge in [-0.15, -0.1) is 0 Å². The largest absolute Gasteiger partial charge is 0.460 e. The van der Waals surface area contributed by atoms with E-state index in [1.807, 2.05) is 42.6 Å². The number of fused-ring (bicyclic) bond motifs is 4. The molecule has 1 N–H and O–H groups in total. The van der Waals surface area contributed by atoms with Crippen molar-refractivity contribution in [1.82, 2.24) is 4.98 Å². The molecule has 50 heavy (non-hydrogen) atoms. The molecule has 0 fully saturated rings. The number of allylic oxidation sites excluding steroid dienone is 2. The summed E-state index contributed by atoms with van der Waals surface area (Å²) in [5.74, 6) is 0.707. The standard InChI is InChI=1S/C46H31N4/c47-27-32(17-11-19-34-18-9-10-26-48-34)33-28-49-46(50-29-33)38-24-25-40-43-37(38)22-12-23-39(43)44-41(30-13-3-1-4-14-30)35-20-7-8-21-36(35)42(45(40)44)31-15-5-2-6-16-31/h1-28,47H,29H2/q-1/b19-11+,32-17+,47-27?. The van der Waals surface area contributed by atoms with Gasteiger partial charge in [0.25, 0.3) is 0 Å². The molecule has 1 aliphatic carbocycles. The van der Waals surface area contributed by atoms with Gasteiger partial charge < -0.3 is 15.7 Å². The maximum Gasteiger partial charge on any atom is 0.0629 e. The van der Waals surface area contributed by atoms with Crippen LogP contribution in [0.5, 0.6) is 0 Å². The van der Waals surface area contributed by atoms with Crippen LogP contribution in [0.2, 0.25) is 0 Å². The number of hydrogen-bond acceptors (Lipinski definition) is 3. The molecule has 0 spiro atoms. The van der Waals surface area contributed by atoms with Crippen molar-refractivity contribution in [2.45, 2.75) is 0 Å². The minimum absolute atomic E-state index is 0.447. The van der Waals surface area contributed by atoms with Gasteiger partial charge in [-0.05, 0) is 108 Å². The molecule has 4 nitrogen and oxygen atoms in total. The van der Waals surface area contributed by atoms with Crippen LogP contribution >= 0.6 is 0 Å². The van der Waals surface area contributed by atoms with Crippen molar-refractivity contribution in [2.75, 3.05) is 6.54 Å². The Hall–Kier alpha value is -6.65. The van der Waals surface area contributed by atoms with Crippen LogP contribution in [0.4, 0.5) is 0 Å². The van der Waals surface area contributed by atoms with E-state index in [9.17, 15) is 0 Å². The van der Waals surface area contributed by atoms with Gasteiger partial charge in [0.05, 0.1) is 5.69 Å². The first kappa shape index (κ1) is 29.5. The second-order valence-corrected chi connectivity index (χ2v) is 12.5. The highest BCUT2D eigenvalue weighted by Gasteiger charge is 2.31. The number of hydrogen-bond donors (Lipinski definition) is 1. The smallest absolute Gasteiger partial charge is 0.0629 e. The Balaban J connectivity index is 1.22. The Kier molecular flexibility index (Phi) is 7.33. The van der Waals surface area contributed by atoms with Crippen LogP contribution in [0.15, 0.2) is 174 Å². The molecule has 236 valence electrons. The average molecular weight is 640 g/mol. The van der Waals surface area contributed by atoms with Crippen molar-refractivity contribution in [2.24, 2.45) is 4.99 Å². The van der Waals surface area contributed by atoms with E-state index in [1.54, 1.807) is 6.20 Å². The van der Waals surface area contributed by atoms with E-state index in [-0.39, 0.29) is 0 Å². The Morgan fingerprint density at radius 2 is 1.22 bits per heavy atom. The molecule has 9 rings (SSSR count). The molecule has 0 saturated heterocycles. The quantitative estimate of drug-likeness (QED) is 0.137. The number of pyridine rings is 1. The molecule has 7 aromatic rings. The van der Waals surface area contributed by atoms with Crippen molar-refractivity contribution in [3.8, 4) is 44.5 Å². The molecule has 2 heterocycles. The molecule has 0 radical (unpaired) electrons. The molecular weight excluding hydrogens is 609 g/mol. The Morgan fingerprint density at radius 3 is 1.84 bits per heavy atom. The summed E-state index contributed by atoms with van der Waals surface area (Å²) in [6.45, 7) is 0.447. The zero-order valence-corrected chi connectivity index (χ0v) is 27.2. The van der Waals surface area contributed by atoms with Crippen molar-refractivity contribution in [1.29, 1.82) is 5.41 Å². The number of benzene rings is 6. The molecule has 6 aromatic carbocycles. The summed E-state index contributed by atoms with van der Waals surface area (Å²) < 4.78 is 0. The maximum absolute atomic E-state index is 8.06. The number of rotatable bonds is 7. The highest BCUT2D eigenvalue weighted by Crippen LogP contribution is 2.58. The molecule has 2 aliphatic rings. The number of amidine groups is 1. The van der Waals surface area contributed by atoms with E-state index in [0.29, 0.717) is 12.4 Å². The predicted octanol–water partition coefficient (Wildman–Crippen LogP) is 11.7. The van der Waals surface area contributed by atoms with Crippen molar-refractivity contribution in [3.63, 3.8) is 0 Å². The highest BCUT2D eigenvalue weighted by atomic mass is 15.0. The molecule has 0 atom stereocenters. The molecule has 0 saturated carbocycles. The first-order valence-corrected chi connectivity index (χ1v) is 16.8. The second-order valence-electron chi connectivity index (χ2n) is 12.5. The molecule has 1 aliphatic heterocycles. The zero-order valence-electron chi connectivity index (χ0n) is 27.2. The second kappa shape index (κ2) is 12.4. The summed E-state index contributed by atoms with van der Waals surface area (Å²) in [5.41, 5.74) is 13.5. The third-order valence-electron chi connectivity index (χ3n) is 9.66. The van der Waals surface area contributed by atoms with Crippen LogP contribution in [0, 0.1) is 5.41 Å². The van der Waals surface area contributed by atoms with Crippen molar-refractivity contribution < 1.29 is 0 Å². The topological polar surface area (TPSA) is 63.2 Å². The lowest BCUT2D eigenvalue weighted by Crippen LogP contribution is -2.09. The normalized spacial score (nSPS) is 13.6. The molecule has 1 aromatic heterocycles. The average Bonchev–Trinajstić information content (AvgIpc) is 3.51. The predicted molar refractivity (Wildman–Crippen MR) is 210 cm³/mol. The van der Waals surface area contributed by atoms with Crippen molar-refractivity contribution in [3.05, 3.63) is 186 Å². The van der Waals surface area contributed by atoms with Crippen LogP contribution in [-0.2, 0) is 0 Å². The van der Waals surface area contributed by atoms with Gasteiger partial charge >= 0.3 is 0 Å². The fourth-order valence-corrected chi connectivity index (χ4v) is 7.48. The zero-order chi connectivity index (χ0) is 33.4. The fraction of sp³-hybridized carbons (Fsp3) is 0.0217. The van der Waals surface area contributed by atoms with Crippen molar-refractivity contribution >= 4 is 39.7 Å². The minimum atomic E-state index is 0.447. The van der Waals surface area contributed by atoms with Crippen LogP contribution < -0.4 is 0 Å². The van der Waals surface area contributed by atoms with E-state index in [4.69, 9.17) is 15.7 Å². The highest BCUT2D eigenvalue weighted by molar-refractivity contribution is 6.30. The number of nitrogens with zero attached hydrogens (tertiary/aromatic N) is 3. The first-order chi connectivity index (χ1) is 24.8. The number of aliphatic imine (C=N–C) groups is 1. The van der Waals surface area contributed by atoms with Gasteiger partial charge in [-0.3, -0.25) is 4.98 Å². The van der Waals surface area contributed by atoms with Gasteiger partial charge in [0.15, 0.2) is 0 Å². The van der Waals surface area contributed by atoms with Crippen LogP contribution in [-0.4, -0.2) is 23.6 Å². The summed E-state index contributed by atoms with van der Waals surface area (Å²) in [4.78, 5) is 9.22. The Morgan fingerprint density at radius 1 is 0.600 bits per heavy atom. The Labute approximate surface area is 291 Å². The van der Waals surface area contributed by atoms with E-state index in [0.717, 1.165) is 27.8 Å². The maximum atomic E-state index is 8.06. The Bertz CT molecular complexity index is 2490. The number of aromatic nitrogens is 1. The monoisotopic (exact) mass is 639 g/mol. The summed E-state index contributed by atoms with van der Waals surface area (Å²) in [7, 11) is 0. The summed E-state index contributed by atoms with van der Waals surface area (Å²) in [6, 6.07) is 47.3. The molecule has 4 heteroatoms. The molecule has 0 amide bonds. The van der Waals surface area contributed by atoms with Crippen LogP contribution in [0.1, 0.15) is 11.3 Å². The summed E-state index contributed by atoms with van der Waals surface area (Å²) in [6.07, 6.45) is 10.8. The SMILES string of the molecule is N=C/C(=C\C=C\c1ccccn1)C1=CN=C(c2ccc3c4c(cccc24)-c2c-3c(-c3ccccc3)c3ccccc3c2-c2ccccc2)[N-]C1. The van der Waals surface area contributed by atoms with Crippen LogP contribution in [0.3, 0.4) is 0 Å². The third-order valence-corrected chi connectivity index (χ3v) is 9.66. The molecular formula is C46H31N4-. The third kappa shape index (κ3) is 4.89. The molecule has 0 bridgehead atoms. The number of nitrogens with one attached hydrogen (secondary N) is 1. The van der Waals surface area contributed by atoms with Gasteiger partial charge in [-0.1, -0.05) is 146 Å². The fourth-order valence-electron chi connectivity index (χ4n) is 7.48. The van der Waals surface area contributed by atoms with Gasteiger partial charge in [-0.2, -0.15) is 0 Å². The minimum Gasteiger partial charge on any atom is -0.460 e. The van der Waals surface area contributed by atoms with E-state index < -0.39 is 0 Å². The van der Waals surface area contributed by atoms with Gasteiger partial charge in [-0.25, -0.2) is 0 Å². The lowest BCUT2D eigenvalue weighted by atomic mass is 9.82. The first-order valence-electron chi connectivity index (χ1n) is 16.8. The summed E-state index contributed by atoms with van der Waals surface area (Å²) >= 11 is 0.